The van der Waals surface area contributed by atoms with E-state index in [1.807, 2.05) is 0 Å². The third-order valence-corrected chi connectivity index (χ3v) is 3.60. The van der Waals surface area contributed by atoms with Gasteiger partial charge in [-0.25, -0.2) is 8.78 Å². The number of aliphatic imine (C=N–C) groups is 1. The minimum absolute atomic E-state index is 0.297. The van der Waals surface area contributed by atoms with Gasteiger partial charge in [0, 0.05) is 39.3 Å². The first-order valence-electron chi connectivity index (χ1n) is 8.01. The van der Waals surface area contributed by atoms with E-state index in [2.05, 4.69) is 20.5 Å². The summed E-state index contributed by atoms with van der Waals surface area (Å²) in [6, 6.07) is 3.47. The molecule has 1 aliphatic rings. The van der Waals surface area contributed by atoms with Crippen LogP contribution in [-0.2, 0) is 4.74 Å². The fraction of sp³-hybridized carbons (Fsp3) is 0.562. The van der Waals surface area contributed by atoms with Gasteiger partial charge in [-0.15, -0.1) is 0 Å². The normalized spacial score (nSPS) is 16.0. The number of halogens is 2. The van der Waals surface area contributed by atoms with Gasteiger partial charge in [-0.05, 0) is 12.1 Å². The summed E-state index contributed by atoms with van der Waals surface area (Å²) in [6.45, 7) is 6.00. The van der Waals surface area contributed by atoms with Crippen LogP contribution < -0.4 is 15.4 Å². The lowest BCUT2D eigenvalue weighted by molar-refractivity contribution is 0.0389. The van der Waals surface area contributed by atoms with Gasteiger partial charge in [0.1, 0.15) is 12.4 Å². The smallest absolute Gasteiger partial charge is 0.191 e. The summed E-state index contributed by atoms with van der Waals surface area (Å²) in [6.07, 6.45) is 0. The van der Waals surface area contributed by atoms with E-state index in [4.69, 9.17) is 9.47 Å². The van der Waals surface area contributed by atoms with Crippen molar-refractivity contribution in [3.05, 3.63) is 29.8 Å². The maximum Gasteiger partial charge on any atom is 0.191 e. The second-order valence-electron chi connectivity index (χ2n) is 5.30. The van der Waals surface area contributed by atoms with Crippen LogP contribution >= 0.6 is 0 Å². The Labute approximate surface area is 140 Å². The molecule has 0 aliphatic carbocycles. The van der Waals surface area contributed by atoms with Gasteiger partial charge in [0.25, 0.3) is 0 Å². The average molecular weight is 342 g/mol. The molecule has 6 nitrogen and oxygen atoms in total. The van der Waals surface area contributed by atoms with Crippen LogP contribution in [0.5, 0.6) is 5.75 Å². The average Bonchev–Trinajstić information content (AvgIpc) is 2.61. The molecule has 0 unspecified atom stereocenters. The third-order valence-electron chi connectivity index (χ3n) is 3.60. The Morgan fingerprint density at radius 3 is 2.67 bits per heavy atom. The highest BCUT2D eigenvalue weighted by molar-refractivity contribution is 5.79. The molecule has 2 rings (SSSR count). The predicted octanol–water partition coefficient (Wildman–Crippen LogP) is 0.841. The number of rotatable bonds is 7. The minimum Gasteiger partial charge on any atom is -0.492 e. The molecule has 0 amide bonds. The highest BCUT2D eigenvalue weighted by Crippen LogP contribution is 2.14. The van der Waals surface area contributed by atoms with Crippen LogP contribution in [-0.4, -0.2) is 70.5 Å². The lowest BCUT2D eigenvalue weighted by Crippen LogP contribution is -2.45. The molecule has 0 radical (unpaired) electrons. The van der Waals surface area contributed by atoms with Crippen molar-refractivity contribution in [1.82, 2.24) is 15.5 Å². The Kier molecular flexibility index (Phi) is 7.70. The van der Waals surface area contributed by atoms with E-state index in [0.717, 1.165) is 51.5 Å². The second kappa shape index (κ2) is 10.0. The monoisotopic (exact) mass is 342 g/mol. The van der Waals surface area contributed by atoms with Crippen molar-refractivity contribution in [3.8, 4) is 5.75 Å². The van der Waals surface area contributed by atoms with Crippen molar-refractivity contribution in [1.29, 1.82) is 0 Å². The molecule has 1 aromatic carbocycles. The maximum absolute atomic E-state index is 13.1. The number of guanidine groups is 1. The van der Waals surface area contributed by atoms with E-state index in [0.29, 0.717) is 24.9 Å². The predicted molar refractivity (Wildman–Crippen MR) is 88.5 cm³/mol. The van der Waals surface area contributed by atoms with E-state index in [-0.39, 0.29) is 0 Å². The molecular weight excluding hydrogens is 318 g/mol. The van der Waals surface area contributed by atoms with Crippen LogP contribution in [0.1, 0.15) is 0 Å². The first-order chi connectivity index (χ1) is 11.7. The van der Waals surface area contributed by atoms with Gasteiger partial charge < -0.3 is 20.1 Å². The highest BCUT2D eigenvalue weighted by atomic mass is 19.2. The fourth-order valence-electron chi connectivity index (χ4n) is 2.28. The molecule has 1 aromatic rings. The SMILES string of the molecule is CN=C(NCCOc1ccc(F)c(F)c1)NCCN1CCOCC1. The Morgan fingerprint density at radius 2 is 1.96 bits per heavy atom. The second-order valence-corrected chi connectivity index (χ2v) is 5.30. The number of nitrogens with zero attached hydrogens (tertiary/aromatic N) is 2. The highest BCUT2D eigenvalue weighted by Gasteiger charge is 2.09. The van der Waals surface area contributed by atoms with Crippen molar-refractivity contribution >= 4 is 5.96 Å². The topological polar surface area (TPSA) is 58.1 Å². The summed E-state index contributed by atoms with van der Waals surface area (Å²) in [5, 5.41) is 6.33. The van der Waals surface area contributed by atoms with Crippen LogP contribution in [0, 0.1) is 11.6 Å². The molecule has 1 aliphatic heterocycles. The number of hydrogen-bond donors (Lipinski definition) is 2. The van der Waals surface area contributed by atoms with Gasteiger partial charge in [0.2, 0.25) is 0 Å². The van der Waals surface area contributed by atoms with Gasteiger partial charge in [-0.2, -0.15) is 0 Å². The van der Waals surface area contributed by atoms with E-state index < -0.39 is 11.6 Å². The fourth-order valence-corrected chi connectivity index (χ4v) is 2.28. The van der Waals surface area contributed by atoms with E-state index in [1.165, 1.54) is 6.07 Å². The summed E-state index contributed by atoms with van der Waals surface area (Å²) >= 11 is 0. The van der Waals surface area contributed by atoms with Crippen LogP contribution in [0.15, 0.2) is 23.2 Å². The van der Waals surface area contributed by atoms with Crippen molar-refractivity contribution < 1.29 is 18.3 Å². The molecule has 0 atom stereocenters. The number of ether oxygens (including phenoxy) is 2. The summed E-state index contributed by atoms with van der Waals surface area (Å²) in [5.41, 5.74) is 0. The van der Waals surface area contributed by atoms with Crippen LogP contribution in [0.2, 0.25) is 0 Å². The summed E-state index contributed by atoms with van der Waals surface area (Å²) in [4.78, 5) is 6.46. The summed E-state index contributed by atoms with van der Waals surface area (Å²) in [5.74, 6) is -0.825. The molecule has 0 aromatic heterocycles. The van der Waals surface area contributed by atoms with Crippen molar-refractivity contribution in [2.24, 2.45) is 4.99 Å². The van der Waals surface area contributed by atoms with Gasteiger partial charge in [0.15, 0.2) is 17.6 Å². The van der Waals surface area contributed by atoms with Crippen molar-refractivity contribution in [2.75, 3.05) is 59.6 Å². The number of benzene rings is 1. The van der Waals surface area contributed by atoms with E-state index in [1.54, 1.807) is 7.05 Å². The largest absolute Gasteiger partial charge is 0.492 e. The van der Waals surface area contributed by atoms with Gasteiger partial charge in [-0.1, -0.05) is 0 Å². The molecule has 1 fully saturated rings. The standard InChI is InChI=1S/C16H24F2N4O2/c1-19-16(20-4-6-22-7-10-23-11-8-22)21-5-9-24-13-2-3-14(17)15(18)12-13/h2-3,12H,4-11H2,1H3,(H2,19,20,21). The zero-order valence-corrected chi connectivity index (χ0v) is 13.9. The molecule has 1 saturated heterocycles. The Bertz CT molecular complexity index is 537. The minimum atomic E-state index is -0.916. The zero-order valence-electron chi connectivity index (χ0n) is 13.9. The van der Waals surface area contributed by atoms with Crippen LogP contribution in [0.4, 0.5) is 8.78 Å². The first kappa shape index (κ1) is 18.4. The molecule has 2 N–H and O–H groups in total. The zero-order chi connectivity index (χ0) is 17.2. The number of hydrogen-bond acceptors (Lipinski definition) is 4. The molecule has 0 saturated carbocycles. The van der Waals surface area contributed by atoms with Crippen LogP contribution in [0.3, 0.4) is 0 Å². The molecule has 0 spiro atoms. The molecule has 8 heteroatoms. The van der Waals surface area contributed by atoms with E-state index in [9.17, 15) is 8.78 Å². The van der Waals surface area contributed by atoms with Gasteiger partial charge >= 0.3 is 0 Å². The third kappa shape index (κ3) is 6.29. The number of nitrogens with one attached hydrogen (secondary N) is 2. The quantitative estimate of drug-likeness (QED) is 0.437. The van der Waals surface area contributed by atoms with Gasteiger partial charge in [0.05, 0.1) is 19.8 Å². The van der Waals surface area contributed by atoms with E-state index >= 15 is 0 Å². The number of morpholine rings is 1. The lowest BCUT2D eigenvalue weighted by atomic mass is 10.3. The Hall–Kier alpha value is -1.93. The molecule has 24 heavy (non-hydrogen) atoms. The maximum atomic E-state index is 13.1. The molecule has 134 valence electrons. The molecule has 0 bridgehead atoms. The van der Waals surface area contributed by atoms with Crippen molar-refractivity contribution in [2.45, 2.75) is 0 Å². The Morgan fingerprint density at radius 1 is 1.21 bits per heavy atom. The summed E-state index contributed by atoms with van der Waals surface area (Å²) < 4.78 is 36.5. The molecular formula is C16H24F2N4O2. The first-order valence-corrected chi connectivity index (χ1v) is 8.01. The van der Waals surface area contributed by atoms with Crippen molar-refractivity contribution in [3.63, 3.8) is 0 Å². The lowest BCUT2D eigenvalue weighted by Gasteiger charge is -2.26. The molecule has 1 heterocycles. The summed E-state index contributed by atoms with van der Waals surface area (Å²) in [7, 11) is 1.69. The van der Waals surface area contributed by atoms with Crippen LogP contribution in [0.25, 0.3) is 0 Å². The van der Waals surface area contributed by atoms with Gasteiger partial charge in [-0.3, -0.25) is 9.89 Å². The Balaban J connectivity index is 1.59.